The molecule has 8 heteroatoms. The Hall–Kier alpha value is -3.26. The van der Waals surface area contributed by atoms with E-state index in [-0.39, 0.29) is 30.2 Å². The van der Waals surface area contributed by atoms with E-state index in [1.165, 1.54) is 0 Å². The van der Waals surface area contributed by atoms with Gasteiger partial charge in [0.1, 0.15) is 0 Å². The number of amides is 1. The number of aromatic nitrogens is 2. The SMILES string of the molecule is O=C(Cc1n[nH]c(=O)c2ccccc12)N(Cc1ccccc1)[C@H]1C=CS(=O)(=O)C1. The number of hydrogen-bond donors (Lipinski definition) is 1. The molecule has 2 heterocycles. The summed E-state index contributed by atoms with van der Waals surface area (Å²) in [6.45, 7) is 0.283. The fourth-order valence-electron chi connectivity index (χ4n) is 3.47. The minimum absolute atomic E-state index is 0.0471. The van der Waals surface area contributed by atoms with E-state index >= 15 is 0 Å². The Kier molecular flexibility index (Phi) is 5.02. The Morgan fingerprint density at radius 3 is 2.45 bits per heavy atom. The van der Waals surface area contributed by atoms with E-state index in [1.807, 2.05) is 30.3 Å². The molecule has 0 aliphatic carbocycles. The van der Waals surface area contributed by atoms with E-state index in [4.69, 9.17) is 0 Å². The lowest BCUT2D eigenvalue weighted by Gasteiger charge is -2.28. The van der Waals surface area contributed by atoms with Crippen molar-refractivity contribution in [3.05, 3.63) is 87.7 Å². The van der Waals surface area contributed by atoms with Gasteiger partial charge in [0.25, 0.3) is 5.56 Å². The van der Waals surface area contributed by atoms with Crippen LogP contribution in [0.3, 0.4) is 0 Å². The van der Waals surface area contributed by atoms with Crippen LogP contribution in [-0.2, 0) is 27.6 Å². The lowest BCUT2D eigenvalue weighted by molar-refractivity contribution is -0.132. The summed E-state index contributed by atoms with van der Waals surface area (Å²) < 4.78 is 23.8. The Labute approximate surface area is 167 Å². The van der Waals surface area contributed by atoms with Gasteiger partial charge in [-0.1, -0.05) is 48.5 Å². The second-order valence-corrected chi connectivity index (χ2v) is 8.89. The summed E-state index contributed by atoms with van der Waals surface area (Å²) in [4.78, 5) is 26.7. The summed E-state index contributed by atoms with van der Waals surface area (Å²) in [7, 11) is -3.32. The zero-order valence-corrected chi connectivity index (χ0v) is 16.3. The van der Waals surface area contributed by atoms with Gasteiger partial charge < -0.3 is 4.90 Å². The molecule has 0 saturated heterocycles. The van der Waals surface area contributed by atoms with Gasteiger partial charge in [0.15, 0.2) is 9.84 Å². The predicted molar refractivity (Wildman–Crippen MR) is 110 cm³/mol. The minimum atomic E-state index is -3.32. The highest BCUT2D eigenvalue weighted by Gasteiger charge is 2.30. The summed E-state index contributed by atoms with van der Waals surface area (Å²) in [6.07, 6.45) is 1.50. The van der Waals surface area contributed by atoms with Crippen LogP contribution >= 0.6 is 0 Å². The average molecular weight is 409 g/mol. The molecule has 0 bridgehead atoms. The third-order valence-electron chi connectivity index (χ3n) is 4.92. The predicted octanol–water partition coefficient (Wildman–Crippen LogP) is 1.81. The van der Waals surface area contributed by atoms with E-state index in [2.05, 4.69) is 10.2 Å². The first-order valence-corrected chi connectivity index (χ1v) is 10.9. The fourth-order valence-corrected chi connectivity index (χ4v) is 4.77. The van der Waals surface area contributed by atoms with E-state index < -0.39 is 15.9 Å². The number of carbonyl (C=O) groups excluding carboxylic acids is 1. The number of benzene rings is 2. The molecule has 1 N–H and O–H groups in total. The summed E-state index contributed by atoms with van der Waals surface area (Å²) in [5.41, 5.74) is 1.04. The Morgan fingerprint density at radius 1 is 1.07 bits per heavy atom. The lowest BCUT2D eigenvalue weighted by Crippen LogP contribution is -2.41. The Bertz CT molecular complexity index is 1250. The Morgan fingerprint density at radius 2 is 1.76 bits per heavy atom. The van der Waals surface area contributed by atoms with Crippen molar-refractivity contribution in [2.75, 3.05) is 5.75 Å². The average Bonchev–Trinajstić information content (AvgIpc) is 3.08. The van der Waals surface area contributed by atoms with Crippen LogP contribution in [0.4, 0.5) is 0 Å². The number of fused-ring (bicyclic) bond motifs is 1. The molecule has 1 amide bonds. The van der Waals surface area contributed by atoms with Gasteiger partial charge in [-0.25, -0.2) is 13.5 Å². The molecule has 0 saturated carbocycles. The number of H-pyrrole nitrogens is 1. The van der Waals surface area contributed by atoms with Gasteiger partial charge in [-0.3, -0.25) is 9.59 Å². The highest BCUT2D eigenvalue weighted by Crippen LogP contribution is 2.20. The molecule has 3 aromatic rings. The molecular formula is C21H19N3O4S. The van der Waals surface area contributed by atoms with Crippen LogP contribution in [0.25, 0.3) is 10.8 Å². The van der Waals surface area contributed by atoms with Crippen LogP contribution in [0.2, 0.25) is 0 Å². The molecule has 148 valence electrons. The number of aromatic amines is 1. The molecule has 0 fully saturated rings. The number of hydrogen-bond acceptors (Lipinski definition) is 5. The smallest absolute Gasteiger partial charge is 0.272 e. The molecular weight excluding hydrogens is 390 g/mol. The van der Waals surface area contributed by atoms with Crippen molar-refractivity contribution in [1.82, 2.24) is 15.1 Å². The first-order valence-electron chi connectivity index (χ1n) is 9.13. The number of rotatable bonds is 5. The second-order valence-electron chi connectivity index (χ2n) is 6.95. The number of nitrogens with one attached hydrogen (secondary N) is 1. The van der Waals surface area contributed by atoms with Crippen LogP contribution in [0, 0.1) is 0 Å². The van der Waals surface area contributed by atoms with E-state index in [0.717, 1.165) is 11.0 Å². The molecule has 1 aliphatic rings. The van der Waals surface area contributed by atoms with Crippen molar-refractivity contribution in [2.24, 2.45) is 0 Å². The maximum absolute atomic E-state index is 13.2. The monoisotopic (exact) mass is 409 g/mol. The molecule has 1 aliphatic heterocycles. The highest BCUT2D eigenvalue weighted by molar-refractivity contribution is 7.94. The van der Waals surface area contributed by atoms with Crippen molar-refractivity contribution in [1.29, 1.82) is 0 Å². The van der Waals surface area contributed by atoms with Crippen LogP contribution in [-0.4, -0.2) is 41.2 Å². The summed E-state index contributed by atoms with van der Waals surface area (Å²) in [6, 6.07) is 15.8. The van der Waals surface area contributed by atoms with Gasteiger partial charge in [0.05, 0.1) is 29.3 Å². The summed E-state index contributed by atoms with van der Waals surface area (Å²) in [5, 5.41) is 8.74. The summed E-state index contributed by atoms with van der Waals surface area (Å²) >= 11 is 0. The van der Waals surface area contributed by atoms with Crippen molar-refractivity contribution >= 4 is 26.5 Å². The first-order chi connectivity index (χ1) is 13.9. The highest BCUT2D eigenvalue weighted by atomic mass is 32.2. The van der Waals surface area contributed by atoms with Crippen LogP contribution in [0.15, 0.2) is 70.9 Å². The van der Waals surface area contributed by atoms with Gasteiger partial charge in [0.2, 0.25) is 5.91 Å². The number of carbonyl (C=O) groups is 1. The molecule has 7 nitrogen and oxygen atoms in total. The van der Waals surface area contributed by atoms with Crippen LogP contribution in [0.5, 0.6) is 0 Å². The fraction of sp³-hybridized carbons (Fsp3) is 0.190. The van der Waals surface area contributed by atoms with Crippen molar-refractivity contribution < 1.29 is 13.2 Å². The third kappa shape index (κ3) is 4.12. The second kappa shape index (κ2) is 7.63. The Balaban J connectivity index is 1.66. The quantitative estimate of drug-likeness (QED) is 0.693. The van der Waals surface area contributed by atoms with Crippen molar-refractivity contribution in [2.45, 2.75) is 19.0 Å². The van der Waals surface area contributed by atoms with Gasteiger partial charge >= 0.3 is 0 Å². The van der Waals surface area contributed by atoms with Gasteiger partial charge in [-0.2, -0.15) is 5.10 Å². The van der Waals surface area contributed by atoms with Gasteiger partial charge in [0, 0.05) is 17.3 Å². The summed E-state index contributed by atoms with van der Waals surface area (Å²) in [5.74, 6) is -0.393. The maximum Gasteiger partial charge on any atom is 0.272 e. The maximum atomic E-state index is 13.2. The standard InChI is InChI=1S/C21H19N3O4S/c25-20(12-19-17-8-4-5-9-18(17)21(26)23-22-19)24(13-15-6-2-1-3-7-15)16-10-11-29(27,28)14-16/h1-11,16H,12-14H2,(H,23,26)/t16-/m0/s1. The van der Waals surface area contributed by atoms with Gasteiger partial charge in [-0.05, 0) is 17.7 Å². The zero-order chi connectivity index (χ0) is 20.4. The normalized spacial score (nSPS) is 17.4. The van der Waals surface area contributed by atoms with E-state index in [1.54, 1.807) is 35.2 Å². The van der Waals surface area contributed by atoms with Crippen molar-refractivity contribution in [3.8, 4) is 0 Å². The third-order valence-corrected chi connectivity index (χ3v) is 6.30. The molecule has 4 rings (SSSR count). The van der Waals surface area contributed by atoms with Gasteiger partial charge in [-0.15, -0.1) is 0 Å². The molecule has 1 atom stereocenters. The van der Waals surface area contributed by atoms with Crippen molar-refractivity contribution in [3.63, 3.8) is 0 Å². The molecule has 0 spiro atoms. The van der Waals surface area contributed by atoms with Crippen LogP contribution in [0.1, 0.15) is 11.3 Å². The largest absolute Gasteiger partial charge is 0.331 e. The van der Waals surface area contributed by atoms with E-state index in [0.29, 0.717) is 16.5 Å². The molecule has 0 radical (unpaired) electrons. The lowest BCUT2D eigenvalue weighted by atomic mass is 10.1. The molecule has 1 aromatic heterocycles. The minimum Gasteiger partial charge on any atom is -0.331 e. The molecule has 2 aromatic carbocycles. The first kappa shape index (κ1) is 19.1. The number of nitrogens with zero attached hydrogens (tertiary/aromatic N) is 2. The van der Waals surface area contributed by atoms with Crippen LogP contribution < -0.4 is 5.56 Å². The topological polar surface area (TPSA) is 100 Å². The number of sulfone groups is 1. The zero-order valence-electron chi connectivity index (χ0n) is 15.5. The van der Waals surface area contributed by atoms with E-state index in [9.17, 15) is 18.0 Å². The molecule has 0 unspecified atom stereocenters. The molecule has 29 heavy (non-hydrogen) atoms.